The maximum Gasteiger partial charge on any atom is 0.337 e. The van der Waals surface area contributed by atoms with Crippen LogP contribution in [0.15, 0.2) is 84.9 Å². The van der Waals surface area contributed by atoms with Crippen molar-refractivity contribution in [1.82, 2.24) is 5.32 Å². The maximum absolute atomic E-state index is 12.2. The summed E-state index contributed by atoms with van der Waals surface area (Å²) in [7, 11) is 1.41. The van der Waals surface area contributed by atoms with Gasteiger partial charge in [-0.2, -0.15) is 0 Å². The lowest BCUT2D eigenvalue weighted by atomic mass is 9.99. The number of para-hydroxylation sites is 2. The molecule has 1 unspecified atom stereocenters. The summed E-state index contributed by atoms with van der Waals surface area (Å²) in [6.07, 6.45) is -0.0662. The van der Waals surface area contributed by atoms with Crippen molar-refractivity contribution in [1.29, 1.82) is 0 Å². The van der Waals surface area contributed by atoms with Gasteiger partial charge in [-0.1, -0.05) is 60.7 Å². The number of nitrogens with one attached hydrogen (secondary N) is 1. The van der Waals surface area contributed by atoms with Crippen LogP contribution in [0.3, 0.4) is 0 Å². The maximum atomic E-state index is 12.2. The van der Waals surface area contributed by atoms with Crippen molar-refractivity contribution in [3.8, 4) is 5.75 Å². The van der Waals surface area contributed by atoms with E-state index in [1.165, 1.54) is 23.4 Å². The average molecular weight is 467 g/mol. The van der Waals surface area contributed by atoms with E-state index in [9.17, 15) is 4.79 Å². The van der Waals surface area contributed by atoms with Crippen molar-refractivity contribution in [2.75, 3.05) is 25.1 Å². The fraction of sp³-hybridized carbons (Fsp3) is 0.233. The first-order chi connectivity index (χ1) is 17.0. The van der Waals surface area contributed by atoms with Crippen LogP contribution in [0, 0.1) is 6.92 Å². The van der Waals surface area contributed by atoms with Crippen LogP contribution in [0.2, 0.25) is 0 Å². The normalized spacial score (nSPS) is 15.9. The number of carbonyl (C=O) groups is 1. The minimum Gasteiger partial charge on any atom is -0.485 e. The number of rotatable bonds is 6. The Labute approximate surface area is 206 Å². The Bertz CT molecular complexity index is 1360. The lowest BCUT2D eigenvalue weighted by molar-refractivity contribution is 0.0601. The molecule has 0 amide bonds. The average Bonchev–Trinajstić information content (AvgIpc) is 2.90. The standard InChI is InChI=1S/C30H30N2O3/c1-20-15-16-23(30(33)34-3)17-28(20)32-19-24(35-29-14-7-6-13-27(29)32)18-31-21(2)25-12-8-10-22-9-4-5-11-26(22)25/h4-17,21,24,31H,18-19H2,1-3H3/t21-,24?/m1/s1. The molecule has 0 saturated heterocycles. The lowest BCUT2D eigenvalue weighted by Gasteiger charge is -2.37. The van der Waals surface area contributed by atoms with Gasteiger partial charge in [0, 0.05) is 18.3 Å². The minimum atomic E-state index is -0.338. The van der Waals surface area contributed by atoms with Crippen molar-refractivity contribution in [3.05, 3.63) is 102 Å². The van der Waals surface area contributed by atoms with E-state index in [1.54, 1.807) is 0 Å². The van der Waals surface area contributed by atoms with Gasteiger partial charge in [0.25, 0.3) is 0 Å². The number of ether oxygens (including phenoxy) is 2. The third-order valence-corrected chi connectivity index (χ3v) is 6.70. The van der Waals surface area contributed by atoms with Crippen LogP contribution < -0.4 is 15.0 Å². The molecule has 0 aromatic heterocycles. The summed E-state index contributed by atoms with van der Waals surface area (Å²) in [5.74, 6) is 0.501. The first-order valence-electron chi connectivity index (χ1n) is 12.0. The molecule has 4 aromatic rings. The molecule has 178 valence electrons. The van der Waals surface area contributed by atoms with Gasteiger partial charge in [-0.05, 0) is 60.0 Å². The topological polar surface area (TPSA) is 50.8 Å². The molecule has 0 radical (unpaired) electrons. The molecular weight excluding hydrogens is 436 g/mol. The zero-order valence-electron chi connectivity index (χ0n) is 20.3. The van der Waals surface area contributed by atoms with E-state index in [0.717, 1.165) is 22.7 Å². The number of nitrogens with zero attached hydrogens (tertiary/aromatic N) is 1. The first-order valence-corrected chi connectivity index (χ1v) is 12.0. The Morgan fingerprint density at radius 1 is 1.03 bits per heavy atom. The van der Waals surface area contributed by atoms with Crippen LogP contribution in [0.25, 0.3) is 10.8 Å². The second-order valence-corrected chi connectivity index (χ2v) is 9.01. The number of carbonyl (C=O) groups excluding carboxylic acids is 1. The minimum absolute atomic E-state index is 0.0662. The van der Waals surface area contributed by atoms with Crippen molar-refractivity contribution < 1.29 is 14.3 Å². The zero-order chi connectivity index (χ0) is 24.4. The third kappa shape index (κ3) is 4.60. The highest BCUT2D eigenvalue weighted by Crippen LogP contribution is 2.39. The van der Waals surface area contributed by atoms with E-state index in [4.69, 9.17) is 9.47 Å². The Hall–Kier alpha value is -3.83. The summed E-state index contributed by atoms with van der Waals surface area (Å²) in [5, 5.41) is 6.20. The van der Waals surface area contributed by atoms with Crippen LogP contribution in [0.5, 0.6) is 5.75 Å². The second kappa shape index (κ2) is 9.80. The van der Waals surface area contributed by atoms with Gasteiger partial charge in [-0.15, -0.1) is 0 Å². The number of anilines is 2. The Balaban J connectivity index is 1.40. The largest absolute Gasteiger partial charge is 0.485 e. The van der Waals surface area contributed by atoms with E-state index < -0.39 is 0 Å². The number of benzene rings is 4. The summed E-state index contributed by atoms with van der Waals surface area (Å²) < 4.78 is 11.4. The summed E-state index contributed by atoms with van der Waals surface area (Å²) in [4.78, 5) is 14.4. The van der Waals surface area contributed by atoms with Crippen LogP contribution in [0.4, 0.5) is 11.4 Å². The smallest absolute Gasteiger partial charge is 0.337 e. The van der Waals surface area contributed by atoms with E-state index in [1.807, 2.05) is 36.4 Å². The molecule has 0 fully saturated rings. The summed E-state index contributed by atoms with van der Waals surface area (Å²) in [5.41, 5.74) is 4.88. The summed E-state index contributed by atoms with van der Waals surface area (Å²) in [6, 6.07) is 28.8. The molecule has 35 heavy (non-hydrogen) atoms. The van der Waals surface area contributed by atoms with Gasteiger partial charge in [-0.3, -0.25) is 0 Å². The van der Waals surface area contributed by atoms with Crippen LogP contribution in [-0.4, -0.2) is 32.3 Å². The predicted octanol–water partition coefficient (Wildman–Crippen LogP) is 6.18. The van der Waals surface area contributed by atoms with Crippen molar-refractivity contribution in [3.63, 3.8) is 0 Å². The Kier molecular flexibility index (Phi) is 6.43. The number of aryl methyl sites for hydroxylation is 1. The highest BCUT2D eigenvalue weighted by atomic mass is 16.5. The molecule has 5 heteroatoms. The number of hydrogen-bond acceptors (Lipinski definition) is 5. The van der Waals surface area contributed by atoms with E-state index in [-0.39, 0.29) is 18.1 Å². The van der Waals surface area contributed by atoms with Gasteiger partial charge in [0.05, 0.1) is 24.9 Å². The number of hydrogen-bond donors (Lipinski definition) is 1. The molecule has 0 saturated carbocycles. The first kappa shape index (κ1) is 22.9. The van der Waals surface area contributed by atoms with Gasteiger partial charge >= 0.3 is 5.97 Å². The molecule has 1 N–H and O–H groups in total. The molecule has 5 rings (SSSR count). The summed E-state index contributed by atoms with van der Waals surface area (Å²) >= 11 is 0. The highest BCUT2D eigenvalue weighted by molar-refractivity contribution is 5.91. The van der Waals surface area contributed by atoms with Gasteiger partial charge in [-0.25, -0.2) is 4.79 Å². The SMILES string of the molecule is COC(=O)c1ccc(C)c(N2CC(CN[C@H](C)c3cccc4ccccc34)Oc3ccccc32)c1. The van der Waals surface area contributed by atoms with Crippen molar-refractivity contribution in [2.45, 2.75) is 26.0 Å². The van der Waals surface area contributed by atoms with Gasteiger partial charge in [0.15, 0.2) is 0 Å². The van der Waals surface area contributed by atoms with Gasteiger partial charge in [0.2, 0.25) is 0 Å². The van der Waals surface area contributed by atoms with Crippen LogP contribution >= 0.6 is 0 Å². The molecule has 1 aliphatic rings. The molecule has 5 nitrogen and oxygen atoms in total. The van der Waals surface area contributed by atoms with Crippen LogP contribution in [-0.2, 0) is 4.74 Å². The predicted molar refractivity (Wildman–Crippen MR) is 141 cm³/mol. The van der Waals surface area contributed by atoms with Crippen molar-refractivity contribution >= 4 is 28.1 Å². The molecule has 1 heterocycles. The fourth-order valence-electron chi connectivity index (χ4n) is 4.82. The number of esters is 1. The monoisotopic (exact) mass is 466 g/mol. The van der Waals surface area contributed by atoms with Gasteiger partial charge < -0.3 is 19.7 Å². The molecular formula is C30H30N2O3. The molecule has 1 aliphatic heterocycles. The quantitative estimate of drug-likeness (QED) is 0.344. The third-order valence-electron chi connectivity index (χ3n) is 6.70. The zero-order valence-corrected chi connectivity index (χ0v) is 20.3. The Morgan fingerprint density at radius 2 is 1.80 bits per heavy atom. The van der Waals surface area contributed by atoms with Crippen molar-refractivity contribution in [2.24, 2.45) is 0 Å². The lowest BCUT2D eigenvalue weighted by Crippen LogP contribution is -2.44. The molecule has 2 atom stereocenters. The van der Waals surface area contributed by atoms with Gasteiger partial charge in [0.1, 0.15) is 11.9 Å². The fourth-order valence-corrected chi connectivity index (χ4v) is 4.82. The molecule has 0 spiro atoms. The number of methoxy groups -OCH3 is 1. The molecule has 0 aliphatic carbocycles. The summed E-state index contributed by atoms with van der Waals surface area (Å²) in [6.45, 7) is 5.60. The van der Waals surface area contributed by atoms with E-state index in [2.05, 4.69) is 72.6 Å². The molecule has 4 aromatic carbocycles. The van der Waals surface area contributed by atoms with E-state index in [0.29, 0.717) is 18.7 Å². The highest BCUT2D eigenvalue weighted by Gasteiger charge is 2.28. The van der Waals surface area contributed by atoms with Crippen LogP contribution in [0.1, 0.15) is 34.5 Å². The Morgan fingerprint density at radius 3 is 2.66 bits per heavy atom. The van der Waals surface area contributed by atoms with E-state index >= 15 is 0 Å². The second-order valence-electron chi connectivity index (χ2n) is 9.01. The number of fused-ring (bicyclic) bond motifs is 2. The molecule has 0 bridgehead atoms.